The molecule has 3 aromatic rings. The number of anilines is 1. The van der Waals surface area contributed by atoms with Gasteiger partial charge in [-0.2, -0.15) is 5.10 Å². The van der Waals surface area contributed by atoms with Crippen molar-refractivity contribution in [3.8, 4) is 0 Å². The Bertz CT molecular complexity index is 1090. The molecular weight excluding hydrogens is 419 g/mol. The summed E-state index contributed by atoms with van der Waals surface area (Å²) in [4.78, 5) is 13.1. The van der Waals surface area contributed by atoms with Crippen molar-refractivity contribution in [1.82, 2.24) is 15.1 Å². The van der Waals surface area contributed by atoms with Crippen molar-refractivity contribution < 1.29 is 4.79 Å². The minimum atomic E-state index is -0.145. The minimum absolute atomic E-state index is 0.130. The van der Waals surface area contributed by atoms with Gasteiger partial charge in [-0.15, -0.1) is 0 Å². The molecule has 5 nitrogen and oxygen atoms in total. The standard InChI is InChI=1S/C23H24Cl2N4O/c1-14(2)22-19(12-27-29(22)13-15-3-6-20(24)21(25)9-15)23(30)28-18-5-4-17-11-26-8-7-16(17)10-18/h3-6,9-10,12,14,26H,7-8,11,13H2,1-2H3,(H,28,30). The molecule has 30 heavy (non-hydrogen) atoms. The zero-order valence-corrected chi connectivity index (χ0v) is 18.5. The third-order valence-electron chi connectivity index (χ3n) is 5.34. The van der Waals surface area contributed by atoms with E-state index < -0.39 is 0 Å². The van der Waals surface area contributed by atoms with Crippen LogP contribution >= 0.6 is 23.2 Å². The molecule has 2 N–H and O–H groups in total. The van der Waals surface area contributed by atoms with Crippen LogP contribution in [0, 0.1) is 0 Å². The van der Waals surface area contributed by atoms with E-state index in [1.807, 2.05) is 22.9 Å². The minimum Gasteiger partial charge on any atom is -0.322 e. The van der Waals surface area contributed by atoms with Crippen molar-refractivity contribution in [2.24, 2.45) is 0 Å². The van der Waals surface area contributed by atoms with Crippen LogP contribution in [0.25, 0.3) is 0 Å². The summed E-state index contributed by atoms with van der Waals surface area (Å²) in [5.74, 6) is -0.0152. The maximum Gasteiger partial charge on any atom is 0.259 e. The molecule has 0 saturated carbocycles. The normalized spacial score (nSPS) is 13.4. The molecule has 4 rings (SSSR count). The second kappa shape index (κ2) is 8.80. The Kier molecular flexibility index (Phi) is 6.14. The van der Waals surface area contributed by atoms with Crippen LogP contribution in [0.1, 0.15) is 52.5 Å². The van der Waals surface area contributed by atoms with Gasteiger partial charge in [-0.25, -0.2) is 0 Å². The van der Waals surface area contributed by atoms with Gasteiger partial charge in [-0.1, -0.05) is 49.2 Å². The number of nitrogens with one attached hydrogen (secondary N) is 2. The summed E-state index contributed by atoms with van der Waals surface area (Å²) in [6.07, 6.45) is 2.61. The van der Waals surface area contributed by atoms with E-state index >= 15 is 0 Å². The molecule has 2 aromatic carbocycles. The number of rotatable bonds is 5. The average molecular weight is 443 g/mol. The highest BCUT2D eigenvalue weighted by atomic mass is 35.5. The van der Waals surface area contributed by atoms with Crippen LogP contribution in [-0.2, 0) is 19.5 Å². The molecule has 0 bridgehead atoms. The highest BCUT2D eigenvalue weighted by Gasteiger charge is 2.21. The van der Waals surface area contributed by atoms with E-state index in [0.29, 0.717) is 22.2 Å². The molecule has 0 saturated heterocycles. The lowest BCUT2D eigenvalue weighted by Crippen LogP contribution is -2.23. The molecule has 0 fully saturated rings. The van der Waals surface area contributed by atoms with Crippen LogP contribution in [0.5, 0.6) is 0 Å². The Labute approximate surface area is 186 Å². The van der Waals surface area contributed by atoms with Crippen molar-refractivity contribution in [3.05, 3.63) is 80.6 Å². The van der Waals surface area contributed by atoms with Gasteiger partial charge in [0, 0.05) is 12.2 Å². The van der Waals surface area contributed by atoms with Crippen molar-refractivity contribution >= 4 is 34.8 Å². The van der Waals surface area contributed by atoms with Crippen molar-refractivity contribution in [2.45, 2.75) is 39.3 Å². The SMILES string of the molecule is CC(C)c1c(C(=O)Nc2ccc3c(c2)CCNC3)cnn1Cc1ccc(Cl)c(Cl)c1. The predicted octanol–water partition coefficient (Wildman–Crippen LogP) is 5.26. The van der Waals surface area contributed by atoms with Gasteiger partial charge in [0.1, 0.15) is 0 Å². The second-order valence-electron chi connectivity index (χ2n) is 7.87. The van der Waals surface area contributed by atoms with Gasteiger partial charge < -0.3 is 10.6 Å². The van der Waals surface area contributed by atoms with Crippen molar-refractivity contribution in [1.29, 1.82) is 0 Å². The molecule has 0 unspecified atom stereocenters. The first-order valence-corrected chi connectivity index (χ1v) is 10.8. The highest BCUT2D eigenvalue weighted by molar-refractivity contribution is 6.42. The largest absolute Gasteiger partial charge is 0.322 e. The van der Waals surface area contributed by atoms with Crippen LogP contribution in [0.15, 0.2) is 42.6 Å². The summed E-state index contributed by atoms with van der Waals surface area (Å²) >= 11 is 12.2. The lowest BCUT2D eigenvalue weighted by Gasteiger charge is -2.18. The highest BCUT2D eigenvalue weighted by Crippen LogP contribution is 2.26. The van der Waals surface area contributed by atoms with Gasteiger partial charge in [-0.3, -0.25) is 9.48 Å². The molecule has 1 amide bonds. The number of hydrogen-bond acceptors (Lipinski definition) is 3. The molecule has 2 heterocycles. The van der Waals surface area contributed by atoms with E-state index in [2.05, 4.69) is 41.7 Å². The van der Waals surface area contributed by atoms with E-state index in [1.54, 1.807) is 12.3 Å². The first-order chi connectivity index (χ1) is 14.4. The molecule has 0 radical (unpaired) electrons. The maximum atomic E-state index is 13.1. The van der Waals surface area contributed by atoms with Gasteiger partial charge in [-0.05, 0) is 59.8 Å². The fraction of sp³-hybridized carbons (Fsp3) is 0.304. The Balaban J connectivity index is 1.57. The number of carbonyl (C=O) groups excluding carboxylic acids is 1. The maximum absolute atomic E-state index is 13.1. The molecule has 0 spiro atoms. The molecule has 156 valence electrons. The lowest BCUT2D eigenvalue weighted by atomic mass is 10.00. The van der Waals surface area contributed by atoms with Gasteiger partial charge in [0.25, 0.3) is 5.91 Å². The summed E-state index contributed by atoms with van der Waals surface area (Å²) in [6.45, 7) is 6.48. The number of hydrogen-bond donors (Lipinski definition) is 2. The monoisotopic (exact) mass is 442 g/mol. The van der Waals surface area contributed by atoms with E-state index in [-0.39, 0.29) is 11.8 Å². The molecular formula is C23H24Cl2N4O. The molecule has 1 aliphatic heterocycles. The van der Waals surface area contributed by atoms with Gasteiger partial charge in [0.05, 0.1) is 34.0 Å². The van der Waals surface area contributed by atoms with Crippen LogP contribution in [0.4, 0.5) is 5.69 Å². The fourth-order valence-electron chi connectivity index (χ4n) is 3.87. The summed E-state index contributed by atoms with van der Waals surface area (Å²) in [6, 6.07) is 11.6. The van der Waals surface area contributed by atoms with Crippen LogP contribution in [0.3, 0.4) is 0 Å². The van der Waals surface area contributed by atoms with Gasteiger partial charge in [0.15, 0.2) is 0 Å². The number of halogens is 2. The molecule has 0 atom stereocenters. The van der Waals surface area contributed by atoms with E-state index in [9.17, 15) is 4.79 Å². The van der Waals surface area contributed by atoms with Gasteiger partial charge in [0.2, 0.25) is 0 Å². The molecule has 0 aliphatic carbocycles. The first-order valence-electron chi connectivity index (χ1n) is 10.1. The molecule has 1 aliphatic rings. The Morgan fingerprint density at radius 3 is 2.77 bits per heavy atom. The molecule has 1 aromatic heterocycles. The quantitative estimate of drug-likeness (QED) is 0.566. The first kappa shape index (κ1) is 20.9. The number of aromatic nitrogens is 2. The topological polar surface area (TPSA) is 59.0 Å². The Morgan fingerprint density at radius 2 is 2.00 bits per heavy atom. The summed E-state index contributed by atoms with van der Waals surface area (Å²) in [5.41, 5.74) is 5.84. The van der Waals surface area contributed by atoms with Crippen LogP contribution in [-0.4, -0.2) is 22.2 Å². The second-order valence-corrected chi connectivity index (χ2v) is 8.68. The molecule has 7 heteroatoms. The third kappa shape index (κ3) is 4.38. The predicted molar refractivity (Wildman–Crippen MR) is 122 cm³/mol. The third-order valence-corrected chi connectivity index (χ3v) is 6.08. The van der Waals surface area contributed by atoms with Crippen LogP contribution in [0.2, 0.25) is 10.0 Å². The van der Waals surface area contributed by atoms with Gasteiger partial charge >= 0.3 is 0 Å². The number of amides is 1. The van der Waals surface area contributed by atoms with E-state index in [1.165, 1.54) is 11.1 Å². The van der Waals surface area contributed by atoms with Crippen molar-refractivity contribution in [3.63, 3.8) is 0 Å². The number of carbonyl (C=O) groups is 1. The summed E-state index contributed by atoms with van der Waals surface area (Å²) < 4.78 is 1.86. The number of fused-ring (bicyclic) bond motifs is 1. The summed E-state index contributed by atoms with van der Waals surface area (Å²) in [7, 11) is 0. The lowest BCUT2D eigenvalue weighted by molar-refractivity contribution is 0.102. The number of benzene rings is 2. The van der Waals surface area contributed by atoms with E-state index in [0.717, 1.165) is 36.5 Å². The zero-order chi connectivity index (χ0) is 21.3. The van der Waals surface area contributed by atoms with E-state index in [4.69, 9.17) is 23.2 Å². The fourth-order valence-corrected chi connectivity index (χ4v) is 4.19. The van der Waals surface area contributed by atoms with Crippen molar-refractivity contribution in [2.75, 3.05) is 11.9 Å². The smallest absolute Gasteiger partial charge is 0.259 e. The summed E-state index contributed by atoms with van der Waals surface area (Å²) in [5, 5.41) is 11.9. The number of nitrogens with zero attached hydrogens (tertiary/aromatic N) is 2. The zero-order valence-electron chi connectivity index (χ0n) is 17.0. The Morgan fingerprint density at radius 1 is 1.17 bits per heavy atom. The average Bonchev–Trinajstić information content (AvgIpc) is 3.14. The Hall–Kier alpha value is -2.34. The van der Waals surface area contributed by atoms with Crippen LogP contribution < -0.4 is 10.6 Å².